The number of hydrogen-bond acceptors (Lipinski definition) is 5. The van der Waals surface area contributed by atoms with E-state index in [0.29, 0.717) is 11.4 Å². The van der Waals surface area contributed by atoms with E-state index in [2.05, 4.69) is 10.3 Å². The molecule has 6 nitrogen and oxygen atoms in total. The van der Waals surface area contributed by atoms with Crippen molar-refractivity contribution in [1.82, 2.24) is 10.3 Å². The third-order valence-corrected chi connectivity index (χ3v) is 3.13. The number of imide groups is 1. The van der Waals surface area contributed by atoms with E-state index in [1.54, 1.807) is 17.3 Å². The summed E-state index contributed by atoms with van der Waals surface area (Å²) in [5.74, 6) is -0.629. The minimum Gasteiger partial charge on any atom is -0.397 e. The molecule has 0 spiro atoms. The maximum absolute atomic E-state index is 11.4. The fraction of sp³-hybridized carbons (Fsp3) is 0.154. The number of rotatable bonds is 1. The van der Waals surface area contributed by atoms with Gasteiger partial charge in [-0.3, -0.25) is 19.9 Å². The van der Waals surface area contributed by atoms with E-state index < -0.39 is 0 Å². The van der Waals surface area contributed by atoms with Gasteiger partial charge in [-0.05, 0) is 12.1 Å². The van der Waals surface area contributed by atoms with Crippen molar-refractivity contribution in [2.45, 2.75) is 0 Å². The largest absolute Gasteiger partial charge is 0.397 e. The van der Waals surface area contributed by atoms with Crippen molar-refractivity contribution in [2.75, 3.05) is 23.7 Å². The van der Waals surface area contributed by atoms with Crippen molar-refractivity contribution >= 4 is 34.0 Å². The van der Waals surface area contributed by atoms with Crippen molar-refractivity contribution in [3.63, 3.8) is 0 Å². The normalized spacial score (nSPS) is 15.7. The Balaban J connectivity index is 2.07. The van der Waals surface area contributed by atoms with Crippen LogP contribution in [0.2, 0.25) is 0 Å². The van der Waals surface area contributed by atoms with E-state index in [-0.39, 0.29) is 24.9 Å². The highest BCUT2D eigenvalue weighted by Gasteiger charge is 2.24. The zero-order chi connectivity index (χ0) is 13.4. The Morgan fingerprint density at radius 3 is 2.63 bits per heavy atom. The van der Waals surface area contributed by atoms with Crippen LogP contribution in [0.4, 0.5) is 11.4 Å². The Bertz CT molecular complexity index is 667. The van der Waals surface area contributed by atoms with Crippen LogP contribution in [0.25, 0.3) is 10.8 Å². The molecule has 1 fully saturated rings. The number of aromatic nitrogens is 1. The van der Waals surface area contributed by atoms with Gasteiger partial charge >= 0.3 is 0 Å². The zero-order valence-electron chi connectivity index (χ0n) is 10.1. The molecule has 96 valence electrons. The van der Waals surface area contributed by atoms with E-state index in [1.165, 1.54) is 0 Å². The molecule has 6 heteroatoms. The number of nitrogens with zero attached hydrogens (tertiary/aromatic N) is 2. The van der Waals surface area contributed by atoms with Crippen molar-refractivity contribution in [3.05, 3.63) is 30.6 Å². The number of carbonyl (C=O) groups excluding carboxylic acids is 2. The monoisotopic (exact) mass is 256 g/mol. The number of nitrogens with two attached hydrogens (primary N) is 1. The van der Waals surface area contributed by atoms with Gasteiger partial charge in [-0.25, -0.2) is 0 Å². The van der Waals surface area contributed by atoms with Gasteiger partial charge in [-0.2, -0.15) is 0 Å². The van der Waals surface area contributed by atoms with Crippen LogP contribution in [-0.2, 0) is 9.59 Å². The lowest BCUT2D eigenvalue weighted by Gasteiger charge is -2.28. The summed E-state index contributed by atoms with van der Waals surface area (Å²) in [5, 5.41) is 4.06. The molecule has 0 bridgehead atoms. The SMILES string of the molecule is Nc1c(N2CC(=O)NC(=O)C2)ccc2cnccc12. The van der Waals surface area contributed by atoms with Crippen LogP contribution in [0.1, 0.15) is 0 Å². The van der Waals surface area contributed by atoms with E-state index in [9.17, 15) is 9.59 Å². The zero-order valence-corrected chi connectivity index (χ0v) is 10.1. The summed E-state index contributed by atoms with van der Waals surface area (Å²) in [6.45, 7) is 0.263. The van der Waals surface area contributed by atoms with Gasteiger partial charge in [0, 0.05) is 23.2 Å². The maximum Gasteiger partial charge on any atom is 0.246 e. The molecule has 1 aromatic heterocycles. The number of anilines is 2. The summed E-state index contributed by atoms with van der Waals surface area (Å²) in [7, 11) is 0. The molecule has 2 heterocycles. The van der Waals surface area contributed by atoms with Gasteiger partial charge in [0.2, 0.25) is 11.8 Å². The predicted molar refractivity (Wildman–Crippen MR) is 71.5 cm³/mol. The number of fused-ring (bicyclic) bond motifs is 1. The van der Waals surface area contributed by atoms with Crippen LogP contribution in [0.3, 0.4) is 0 Å². The lowest BCUT2D eigenvalue weighted by molar-refractivity contribution is -0.130. The molecule has 0 radical (unpaired) electrons. The topological polar surface area (TPSA) is 88.3 Å². The third-order valence-electron chi connectivity index (χ3n) is 3.13. The highest BCUT2D eigenvalue weighted by molar-refractivity contribution is 6.05. The minimum atomic E-state index is -0.314. The molecular weight excluding hydrogens is 244 g/mol. The lowest BCUT2D eigenvalue weighted by atomic mass is 10.1. The molecule has 1 aromatic carbocycles. The second-order valence-electron chi connectivity index (χ2n) is 4.42. The highest BCUT2D eigenvalue weighted by Crippen LogP contribution is 2.31. The molecule has 19 heavy (non-hydrogen) atoms. The average molecular weight is 256 g/mol. The maximum atomic E-state index is 11.4. The number of pyridine rings is 1. The van der Waals surface area contributed by atoms with Gasteiger partial charge in [0.15, 0.2) is 0 Å². The molecule has 1 aliphatic rings. The molecule has 1 saturated heterocycles. The fourth-order valence-electron chi connectivity index (χ4n) is 2.26. The quantitative estimate of drug-likeness (QED) is 0.565. The molecule has 2 amide bonds. The van der Waals surface area contributed by atoms with Crippen molar-refractivity contribution in [1.29, 1.82) is 0 Å². The third kappa shape index (κ3) is 1.97. The first-order chi connectivity index (χ1) is 9.15. The number of nitrogens with one attached hydrogen (secondary N) is 1. The van der Waals surface area contributed by atoms with Gasteiger partial charge in [-0.15, -0.1) is 0 Å². The van der Waals surface area contributed by atoms with Gasteiger partial charge in [0.25, 0.3) is 0 Å². The first-order valence-corrected chi connectivity index (χ1v) is 5.85. The summed E-state index contributed by atoms with van der Waals surface area (Å²) in [5.41, 5.74) is 7.38. The highest BCUT2D eigenvalue weighted by atomic mass is 16.2. The molecule has 1 aliphatic heterocycles. The van der Waals surface area contributed by atoms with Gasteiger partial charge in [0.05, 0.1) is 24.5 Å². The van der Waals surface area contributed by atoms with Gasteiger partial charge < -0.3 is 10.6 Å². The number of amides is 2. The van der Waals surface area contributed by atoms with E-state index in [1.807, 2.05) is 18.2 Å². The summed E-state index contributed by atoms with van der Waals surface area (Å²) in [6, 6.07) is 5.51. The Kier molecular flexibility index (Phi) is 2.56. The van der Waals surface area contributed by atoms with Crippen molar-refractivity contribution < 1.29 is 9.59 Å². The number of benzene rings is 1. The van der Waals surface area contributed by atoms with Crippen molar-refractivity contribution in [3.8, 4) is 0 Å². The standard InChI is InChI=1S/C13H12N4O2/c14-13-9-3-4-15-5-8(9)1-2-10(13)17-6-11(18)16-12(19)7-17/h1-5H,6-7,14H2,(H,16,18,19). The summed E-state index contributed by atoms with van der Waals surface area (Å²) in [6.07, 6.45) is 3.39. The van der Waals surface area contributed by atoms with Crippen LogP contribution in [0.5, 0.6) is 0 Å². The minimum absolute atomic E-state index is 0.131. The van der Waals surface area contributed by atoms with Gasteiger partial charge in [-0.1, -0.05) is 6.07 Å². The Morgan fingerprint density at radius 2 is 1.89 bits per heavy atom. The molecular formula is C13H12N4O2. The van der Waals surface area contributed by atoms with Crippen LogP contribution >= 0.6 is 0 Å². The second kappa shape index (κ2) is 4.24. The van der Waals surface area contributed by atoms with Crippen molar-refractivity contribution in [2.24, 2.45) is 0 Å². The fourth-order valence-corrected chi connectivity index (χ4v) is 2.26. The number of piperazine rings is 1. The predicted octanol–water partition coefficient (Wildman–Crippen LogP) is 0.280. The van der Waals surface area contributed by atoms with Crippen LogP contribution in [0.15, 0.2) is 30.6 Å². The molecule has 0 aliphatic carbocycles. The number of carbonyl (C=O) groups is 2. The Hall–Kier alpha value is -2.63. The molecule has 2 aromatic rings. The van der Waals surface area contributed by atoms with E-state index >= 15 is 0 Å². The average Bonchev–Trinajstić information content (AvgIpc) is 2.38. The molecule has 0 unspecified atom stereocenters. The van der Waals surface area contributed by atoms with Gasteiger partial charge in [0.1, 0.15) is 0 Å². The smallest absolute Gasteiger partial charge is 0.246 e. The first kappa shape index (κ1) is 11.5. The first-order valence-electron chi connectivity index (χ1n) is 5.85. The summed E-state index contributed by atoms with van der Waals surface area (Å²) < 4.78 is 0. The molecule has 3 rings (SSSR count). The number of nitrogen functional groups attached to an aromatic ring is 1. The van der Waals surface area contributed by atoms with E-state index in [4.69, 9.17) is 5.73 Å². The number of hydrogen-bond donors (Lipinski definition) is 2. The molecule has 3 N–H and O–H groups in total. The second-order valence-corrected chi connectivity index (χ2v) is 4.42. The summed E-state index contributed by atoms with van der Waals surface area (Å²) >= 11 is 0. The summed E-state index contributed by atoms with van der Waals surface area (Å²) in [4.78, 5) is 28.5. The van der Waals surface area contributed by atoms with E-state index in [0.717, 1.165) is 10.8 Å². The Labute approximate surface area is 109 Å². The van der Waals surface area contributed by atoms with Crippen LogP contribution < -0.4 is 16.0 Å². The Morgan fingerprint density at radius 1 is 1.16 bits per heavy atom. The van der Waals surface area contributed by atoms with Crippen LogP contribution in [-0.4, -0.2) is 29.9 Å². The molecule has 0 atom stereocenters. The van der Waals surface area contributed by atoms with Crippen LogP contribution in [0, 0.1) is 0 Å². The molecule has 0 saturated carbocycles. The lowest BCUT2D eigenvalue weighted by Crippen LogP contribution is -2.51.